The molecule has 3 aromatic rings. The molecule has 0 atom stereocenters. The van der Waals surface area contributed by atoms with Gasteiger partial charge in [-0.2, -0.15) is 12.6 Å². The summed E-state index contributed by atoms with van der Waals surface area (Å²) < 4.78 is 5.20. The van der Waals surface area contributed by atoms with E-state index in [9.17, 15) is 9.90 Å². The van der Waals surface area contributed by atoms with Gasteiger partial charge in [0.2, 0.25) is 0 Å². The van der Waals surface area contributed by atoms with Crippen molar-refractivity contribution in [2.24, 2.45) is 0 Å². The number of ether oxygens (including phenoxy) is 1. The largest absolute Gasteiger partial charge is 0.497 e. The highest BCUT2D eigenvalue weighted by Gasteiger charge is 2.14. The molecular weight excluding hydrogens is 380 g/mol. The zero-order valence-electron chi connectivity index (χ0n) is 14.8. The van der Waals surface area contributed by atoms with E-state index in [0.29, 0.717) is 33.2 Å². The Labute approximate surface area is 169 Å². The average molecular weight is 399 g/mol. The standard InChI is InChI=1S/C22H19ClO3S/c1-26-18-7-9-19(17(10-18)12-24)20-8-6-16(11-21(20)23)22(25)15-4-2-14(13-27)3-5-15/h2-11,24,27H,12-13H2,1H3. The van der Waals surface area contributed by atoms with Gasteiger partial charge in [-0.3, -0.25) is 4.79 Å². The number of carbonyl (C=O) groups excluding carboxylic acids is 1. The van der Waals surface area contributed by atoms with Crippen LogP contribution >= 0.6 is 24.2 Å². The fraction of sp³-hybridized carbons (Fsp3) is 0.136. The number of ketones is 1. The molecule has 1 N–H and O–H groups in total. The molecule has 0 saturated heterocycles. The zero-order chi connectivity index (χ0) is 19.4. The number of hydrogen-bond acceptors (Lipinski definition) is 4. The summed E-state index contributed by atoms with van der Waals surface area (Å²) >= 11 is 10.7. The Hall–Kier alpha value is -2.27. The molecule has 27 heavy (non-hydrogen) atoms. The van der Waals surface area contributed by atoms with Crippen LogP contribution in [0.3, 0.4) is 0 Å². The van der Waals surface area contributed by atoms with Gasteiger partial charge in [-0.05, 0) is 34.9 Å². The van der Waals surface area contributed by atoms with Crippen LogP contribution in [0.4, 0.5) is 0 Å². The molecule has 5 heteroatoms. The molecule has 0 aliphatic rings. The van der Waals surface area contributed by atoms with Crippen molar-refractivity contribution in [3.8, 4) is 16.9 Å². The summed E-state index contributed by atoms with van der Waals surface area (Å²) in [6, 6.07) is 18.0. The number of carbonyl (C=O) groups is 1. The number of aliphatic hydroxyl groups excluding tert-OH is 1. The molecule has 3 aromatic carbocycles. The lowest BCUT2D eigenvalue weighted by atomic mass is 9.96. The Morgan fingerprint density at radius 1 is 1.00 bits per heavy atom. The summed E-state index contributed by atoms with van der Waals surface area (Å²) in [5, 5.41) is 10.1. The predicted molar refractivity (Wildman–Crippen MR) is 112 cm³/mol. The van der Waals surface area contributed by atoms with Gasteiger partial charge in [-0.1, -0.05) is 54.1 Å². The average Bonchev–Trinajstić information content (AvgIpc) is 2.72. The summed E-state index contributed by atoms with van der Waals surface area (Å²) in [5.41, 5.74) is 4.44. The number of benzene rings is 3. The molecule has 3 rings (SSSR count). The van der Waals surface area contributed by atoms with Crippen LogP contribution in [0.15, 0.2) is 60.7 Å². The first kappa shape index (κ1) is 19.5. The van der Waals surface area contributed by atoms with Gasteiger partial charge < -0.3 is 9.84 Å². The van der Waals surface area contributed by atoms with Gasteiger partial charge in [-0.25, -0.2) is 0 Å². The van der Waals surface area contributed by atoms with Crippen LogP contribution in [-0.4, -0.2) is 18.0 Å². The molecule has 3 nitrogen and oxygen atoms in total. The molecule has 0 heterocycles. The van der Waals surface area contributed by atoms with Gasteiger partial charge >= 0.3 is 0 Å². The number of thiol groups is 1. The first-order valence-corrected chi connectivity index (χ1v) is 9.40. The number of methoxy groups -OCH3 is 1. The maximum atomic E-state index is 12.7. The second-order valence-electron chi connectivity index (χ2n) is 6.06. The third-order valence-corrected chi connectivity index (χ3v) is 5.08. The molecule has 0 aliphatic carbocycles. The Morgan fingerprint density at radius 2 is 1.67 bits per heavy atom. The minimum atomic E-state index is -0.138. The second-order valence-corrected chi connectivity index (χ2v) is 6.78. The third kappa shape index (κ3) is 4.19. The lowest BCUT2D eigenvalue weighted by molar-refractivity contribution is 0.103. The van der Waals surface area contributed by atoms with Crippen LogP contribution in [0.2, 0.25) is 5.02 Å². The van der Waals surface area contributed by atoms with E-state index < -0.39 is 0 Å². The third-order valence-electron chi connectivity index (χ3n) is 4.40. The van der Waals surface area contributed by atoms with E-state index in [-0.39, 0.29) is 12.4 Å². The molecule has 138 valence electrons. The van der Waals surface area contributed by atoms with Crippen molar-refractivity contribution in [1.82, 2.24) is 0 Å². The second kappa shape index (κ2) is 8.61. The van der Waals surface area contributed by atoms with Crippen molar-refractivity contribution in [1.29, 1.82) is 0 Å². The molecule has 0 radical (unpaired) electrons. The highest BCUT2D eigenvalue weighted by atomic mass is 35.5. The highest BCUT2D eigenvalue weighted by Crippen LogP contribution is 2.33. The van der Waals surface area contributed by atoms with Crippen LogP contribution in [-0.2, 0) is 12.4 Å². The molecule has 0 aliphatic heterocycles. The summed E-state index contributed by atoms with van der Waals surface area (Å²) in [4.78, 5) is 12.7. The topological polar surface area (TPSA) is 46.5 Å². The Kier molecular flexibility index (Phi) is 6.22. The van der Waals surface area contributed by atoms with Gasteiger partial charge in [0, 0.05) is 27.5 Å². The van der Waals surface area contributed by atoms with Gasteiger partial charge in [0.1, 0.15) is 5.75 Å². The first-order valence-electron chi connectivity index (χ1n) is 8.39. The number of rotatable bonds is 6. The van der Waals surface area contributed by atoms with Gasteiger partial charge in [0.15, 0.2) is 5.78 Å². The van der Waals surface area contributed by atoms with Crippen molar-refractivity contribution in [2.45, 2.75) is 12.4 Å². The number of hydrogen-bond donors (Lipinski definition) is 2. The minimum absolute atomic E-state index is 0.0914. The maximum Gasteiger partial charge on any atom is 0.193 e. The van der Waals surface area contributed by atoms with E-state index in [1.807, 2.05) is 24.3 Å². The van der Waals surface area contributed by atoms with Crippen LogP contribution in [0.5, 0.6) is 5.75 Å². The summed E-state index contributed by atoms with van der Waals surface area (Å²) in [6.07, 6.45) is 0. The van der Waals surface area contributed by atoms with Gasteiger partial charge in [0.05, 0.1) is 13.7 Å². The normalized spacial score (nSPS) is 10.7. The quantitative estimate of drug-likeness (QED) is 0.445. The Morgan fingerprint density at radius 3 is 2.26 bits per heavy atom. The summed E-state index contributed by atoms with van der Waals surface area (Å²) in [6.45, 7) is -0.138. The van der Waals surface area contributed by atoms with E-state index in [1.165, 1.54) is 0 Å². The van der Waals surface area contributed by atoms with E-state index in [2.05, 4.69) is 12.6 Å². The van der Waals surface area contributed by atoms with Gasteiger partial charge in [0.25, 0.3) is 0 Å². The molecule has 0 fully saturated rings. The molecule has 0 spiro atoms. The van der Waals surface area contributed by atoms with Crippen molar-refractivity contribution in [2.75, 3.05) is 7.11 Å². The SMILES string of the molecule is COc1ccc(-c2ccc(C(=O)c3ccc(CS)cc3)cc2Cl)c(CO)c1. The summed E-state index contributed by atoms with van der Waals surface area (Å²) in [7, 11) is 1.58. The van der Waals surface area contributed by atoms with Crippen molar-refractivity contribution < 1.29 is 14.6 Å². The molecule has 0 saturated carbocycles. The monoisotopic (exact) mass is 398 g/mol. The fourth-order valence-corrected chi connectivity index (χ4v) is 3.39. The van der Waals surface area contributed by atoms with E-state index in [1.54, 1.807) is 43.5 Å². The van der Waals surface area contributed by atoms with Crippen molar-refractivity contribution in [3.05, 3.63) is 87.9 Å². The molecular formula is C22H19ClO3S. The lowest BCUT2D eigenvalue weighted by Gasteiger charge is -2.12. The molecule has 0 aromatic heterocycles. The minimum Gasteiger partial charge on any atom is -0.497 e. The lowest BCUT2D eigenvalue weighted by Crippen LogP contribution is -2.02. The summed E-state index contributed by atoms with van der Waals surface area (Å²) in [5.74, 6) is 1.20. The van der Waals surface area contributed by atoms with E-state index >= 15 is 0 Å². The molecule has 0 amide bonds. The molecule has 0 bridgehead atoms. The fourth-order valence-electron chi connectivity index (χ4n) is 2.89. The van der Waals surface area contributed by atoms with E-state index in [0.717, 1.165) is 16.7 Å². The first-order chi connectivity index (χ1) is 13.1. The van der Waals surface area contributed by atoms with Crippen LogP contribution < -0.4 is 4.74 Å². The molecule has 0 unspecified atom stereocenters. The number of halogens is 1. The van der Waals surface area contributed by atoms with Crippen molar-refractivity contribution in [3.63, 3.8) is 0 Å². The Balaban J connectivity index is 1.95. The van der Waals surface area contributed by atoms with Gasteiger partial charge in [-0.15, -0.1) is 0 Å². The van der Waals surface area contributed by atoms with Crippen molar-refractivity contribution >= 4 is 30.0 Å². The predicted octanol–water partition coefficient (Wildman–Crippen LogP) is 5.17. The van der Waals surface area contributed by atoms with Crippen LogP contribution in [0.25, 0.3) is 11.1 Å². The zero-order valence-corrected chi connectivity index (χ0v) is 16.4. The smallest absolute Gasteiger partial charge is 0.193 e. The Bertz CT molecular complexity index is 968. The van der Waals surface area contributed by atoms with E-state index in [4.69, 9.17) is 16.3 Å². The number of aliphatic hydroxyl groups is 1. The van der Waals surface area contributed by atoms with Crippen LogP contribution in [0.1, 0.15) is 27.0 Å². The highest BCUT2D eigenvalue weighted by molar-refractivity contribution is 7.79. The maximum absolute atomic E-state index is 12.7. The van der Waals surface area contributed by atoms with Crippen LogP contribution in [0, 0.1) is 0 Å².